The van der Waals surface area contributed by atoms with Gasteiger partial charge in [-0.25, -0.2) is 8.42 Å². The summed E-state index contributed by atoms with van der Waals surface area (Å²) in [6.07, 6.45) is 0. The van der Waals surface area contributed by atoms with Gasteiger partial charge in [-0.1, -0.05) is 20.8 Å². The molecule has 0 fully saturated rings. The molecule has 0 aliphatic rings. The molecule has 7 heteroatoms. The largest absolute Gasteiger partial charge is 0.352 e. The number of hydrogen-bond acceptors (Lipinski definition) is 3. The van der Waals surface area contributed by atoms with Gasteiger partial charge in [0.2, 0.25) is 0 Å². The highest BCUT2D eigenvalue weighted by molar-refractivity contribution is 9.10. The van der Waals surface area contributed by atoms with E-state index in [-0.39, 0.29) is 16.4 Å². The minimum atomic E-state index is -3.85. The minimum absolute atomic E-state index is 0.0931. The fourth-order valence-corrected chi connectivity index (χ4v) is 2.62. The van der Waals surface area contributed by atoms with Crippen LogP contribution in [0.25, 0.3) is 0 Å². The number of amides is 1. The Hall–Kier alpha value is -0.590. The molecule has 1 aromatic rings. The summed E-state index contributed by atoms with van der Waals surface area (Å²) in [5.41, 5.74) is 0.252. The molecule has 0 heterocycles. The van der Waals surface area contributed by atoms with Gasteiger partial charge in [0.05, 0.1) is 10.5 Å². The van der Waals surface area contributed by atoms with Crippen molar-refractivity contribution in [2.24, 2.45) is 11.8 Å². The summed E-state index contributed by atoms with van der Waals surface area (Å²) in [6.45, 7) is 6.72. The molecule has 1 amide bonds. The molecule has 20 heavy (non-hydrogen) atoms. The highest BCUT2D eigenvalue weighted by Gasteiger charge is 2.17. The van der Waals surface area contributed by atoms with Crippen molar-refractivity contribution in [1.29, 1.82) is 0 Å². The lowest BCUT2D eigenvalue weighted by atomic mass is 9.98. The van der Waals surface area contributed by atoms with E-state index in [2.05, 4.69) is 35.1 Å². The van der Waals surface area contributed by atoms with Crippen LogP contribution >= 0.6 is 26.6 Å². The SMILES string of the molecule is CC(C)C(C)CNC(=O)c1cc(S(=O)(=O)Cl)ccc1Br. The lowest BCUT2D eigenvalue weighted by molar-refractivity contribution is 0.0944. The molecule has 1 aromatic carbocycles. The van der Waals surface area contributed by atoms with E-state index < -0.39 is 9.05 Å². The summed E-state index contributed by atoms with van der Waals surface area (Å²) in [5.74, 6) is 0.456. The van der Waals surface area contributed by atoms with E-state index in [0.29, 0.717) is 22.9 Å². The second-order valence-electron chi connectivity index (χ2n) is 5.01. The van der Waals surface area contributed by atoms with Crippen molar-refractivity contribution in [1.82, 2.24) is 5.32 Å². The number of nitrogens with one attached hydrogen (secondary N) is 1. The average Bonchev–Trinajstić information content (AvgIpc) is 2.34. The molecule has 1 unspecified atom stereocenters. The summed E-state index contributed by atoms with van der Waals surface area (Å²) >= 11 is 3.24. The zero-order valence-electron chi connectivity index (χ0n) is 11.5. The van der Waals surface area contributed by atoms with Crippen LogP contribution in [0.15, 0.2) is 27.6 Å². The van der Waals surface area contributed by atoms with Crippen LogP contribution in [-0.2, 0) is 9.05 Å². The lowest BCUT2D eigenvalue weighted by Crippen LogP contribution is -2.30. The maximum atomic E-state index is 12.1. The van der Waals surface area contributed by atoms with E-state index in [9.17, 15) is 13.2 Å². The Morgan fingerprint density at radius 1 is 1.35 bits per heavy atom. The van der Waals surface area contributed by atoms with Crippen LogP contribution in [0, 0.1) is 11.8 Å². The van der Waals surface area contributed by atoms with Crippen molar-refractivity contribution < 1.29 is 13.2 Å². The molecule has 0 bridgehead atoms. The van der Waals surface area contributed by atoms with Gasteiger partial charge in [-0.15, -0.1) is 0 Å². The number of benzene rings is 1. The lowest BCUT2D eigenvalue weighted by Gasteiger charge is -2.16. The average molecular weight is 383 g/mol. The quantitative estimate of drug-likeness (QED) is 0.794. The summed E-state index contributed by atoms with van der Waals surface area (Å²) in [6, 6.07) is 4.11. The van der Waals surface area contributed by atoms with Crippen LogP contribution in [0.3, 0.4) is 0 Å². The molecule has 0 saturated heterocycles. The zero-order valence-corrected chi connectivity index (χ0v) is 14.6. The van der Waals surface area contributed by atoms with Crippen LogP contribution in [-0.4, -0.2) is 20.9 Å². The normalized spacial score (nSPS) is 13.3. The monoisotopic (exact) mass is 381 g/mol. The fraction of sp³-hybridized carbons (Fsp3) is 0.462. The molecule has 0 saturated carbocycles. The van der Waals surface area contributed by atoms with Gasteiger partial charge in [0, 0.05) is 21.7 Å². The predicted molar refractivity (Wildman–Crippen MR) is 83.5 cm³/mol. The molecule has 1 rings (SSSR count). The summed E-state index contributed by atoms with van der Waals surface area (Å²) < 4.78 is 23.1. The number of carbonyl (C=O) groups is 1. The van der Waals surface area contributed by atoms with Gasteiger partial charge in [0.1, 0.15) is 0 Å². The third-order valence-corrected chi connectivity index (χ3v) is 5.23. The molecule has 1 N–H and O–H groups in total. The second-order valence-corrected chi connectivity index (χ2v) is 8.43. The Bertz CT molecular complexity index is 602. The van der Waals surface area contributed by atoms with Gasteiger partial charge in [0.25, 0.3) is 15.0 Å². The fourth-order valence-electron chi connectivity index (χ4n) is 1.41. The van der Waals surface area contributed by atoms with E-state index in [1.54, 1.807) is 0 Å². The first-order valence-electron chi connectivity index (χ1n) is 6.15. The first-order valence-corrected chi connectivity index (χ1v) is 9.25. The number of carbonyl (C=O) groups excluding carboxylic acids is 1. The zero-order chi connectivity index (χ0) is 15.5. The molecule has 0 radical (unpaired) electrons. The summed E-state index contributed by atoms with van der Waals surface area (Å²) in [5, 5.41) is 2.79. The predicted octanol–water partition coefficient (Wildman–Crippen LogP) is 3.40. The molecular formula is C13H17BrClNO3S. The van der Waals surface area contributed by atoms with Crippen LogP contribution in [0.4, 0.5) is 0 Å². The van der Waals surface area contributed by atoms with Gasteiger partial charge >= 0.3 is 0 Å². The van der Waals surface area contributed by atoms with E-state index in [4.69, 9.17) is 10.7 Å². The van der Waals surface area contributed by atoms with Crippen molar-refractivity contribution >= 4 is 41.6 Å². The maximum Gasteiger partial charge on any atom is 0.261 e. The van der Waals surface area contributed by atoms with E-state index in [0.717, 1.165) is 0 Å². The molecule has 0 aromatic heterocycles. The molecule has 0 aliphatic carbocycles. The molecule has 112 valence electrons. The van der Waals surface area contributed by atoms with Gasteiger partial charge in [-0.3, -0.25) is 4.79 Å². The van der Waals surface area contributed by atoms with Crippen molar-refractivity contribution in [2.45, 2.75) is 25.7 Å². The number of rotatable bonds is 5. The molecule has 1 atom stereocenters. The van der Waals surface area contributed by atoms with Gasteiger partial charge in [-0.05, 0) is 46.0 Å². The van der Waals surface area contributed by atoms with Gasteiger partial charge in [-0.2, -0.15) is 0 Å². The van der Waals surface area contributed by atoms with Crippen molar-refractivity contribution in [3.8, 4) is 0 Å². The van der Waals surface area contributed by atoms with Crippen LogP contribution < -0.4 is 5.32 Å². The van der Waals surface area contributed by atoms with Gasteiger partial charge in [0.15, 0.2) is 0 Å². The molecule has 0 spiro atoms. The topological polar surface area (TPSA) is 63.2 Å². The maximum absolute atomic E-state index is 12.1. The van der Waals surface area contributed by atoms with Gasteiger partial charge < -0.3 is 5.32 Å². The third-order valence-electron chi connectivity index (χ3n) is 3.19. The summed E-state index contributed by atoms with van der Waals surface area (Å²) in [7, 11) is 1.43. The van der Waals surface area contributed by atoms with Crippen LogP contribution in [0.5, 0.6) is 0 Å². The standard InChI is InChI=1S/C13H17BrClNO3S/c1-8(2)9(3)7-16-13(17)11-6-10(20(15,18)19)4-5-12(11)14/h4-6,8-9H,7H2,1-3H3,(H,16,17). The highest BCUT2D eigenvalue weighted by atomic mass is 79.9. The Balaban J connectivity index is 2.93. The van der Waals surface area contributed by atoms with E-state index in [1.165, 1.54) is 18.2 Å². The van der Waals surface area contributed by atoms with Crippen LogP contribution in [0.1, 0.15) is 31.1 Å². The molecule has 4 nitrogen and oxygen atoms in total. The Labute approximate surface area is 132 Å². The number of hydrogen-bond donors (Lipinski definition) is 1. The highest BCUT2D eigenvalue weighted by Crippen LogP contribution is 2.23. The minimum Gasteiger partial charge on any atom is -0.352 e. The Morgan fingerprint density at radius 3 is 2.45 bits per heavy atom. The second kappa shape index (κ2) is 6.91. The third kappa shape index (κ3) is 4.75. The number of halogens is 2. The first-order chi connectivity index (χ1) is 9.12. The Kier molecular flexibility index (Phi) is 6.04. The van der Waals surface area contributed by atoms with E-state index in [1.807, 2.05) is 6.92 Å². The van der Waals surface area contributed by atoms with E-state index >= 15 is 0 Å². The summed E-state index contributed by atoms with van der Waals surface area (Å²) in [4.78, 5) is 12.0. The first kappa shape index (κ1) is 17.5. The van der Waals surface area contributed by atoms with Crippen molar-refractivity contribution in [3.63, 3.8) is 0 Å². The smallest absolute Gasteiger partial charge is 0.261 e. The molecule has 0 aliphatic heterocycles. The van der Waals surface area contributed by atoms with Crippen molar-refractivity contribution in [3.05, 3.63) is 28.2 Å². The Morgan fingerprint density at radius 2 is 1.95 bits per heavy atom. The van der Waals surface area contributed by atoms with Crippen molar-refractivity contribution in [2.75, 3.05) is 6.54 Å². The van der Waals surface area contributed by atoms with Crippen LogP contribution in [0.2, 0.25) is 0 Å². The molecular weight excluding hydrogens is 366 g/mol.